The molecule has 0 heterocycles. The van der Waals surface area contributed by atoms with Crippen molar-refractivity contribution in [1.29, 1.82) is 0 Å². The van der Waals surface area contributed by atoms with Crippen molar-refractivity contribution in [2.24, 2.45) is 0 Å². The van der Waals surface area contributed by atoms with Crippen LogP contribution in [0.5, 0.6) is 0 Å². The maximum absolute atomic E-state index is 12.6. The van der Waals surface area contributed by atoms with Gasteiger partial charge in [0, 0.05) is 12.8 Å². The number of ether oxygens (including phenoxy) is 1. The minimum Gasteiger partial charge on any atom is -0.466 e. The van der Waals surface area contributed by atoms with E-state index < -0.39 is 12.1 Å². The van der Waals surface area contributed by atoms with Crippen LogP contribution in [0, 0.1) is 0 Å². The first-order valence-corrected chi connectivity index (χ1v) is 36.1. The van der Waals surface area contributed by atoms with Crippen LogP contribution >= 0.6 is 0 Å². The molecule has 1 amide bonds. The normalized spacial score (nSPS) is 12.6. The fraction of sp³-hybridized carbons (Fsp3) is 0.918. The zero-order chi connectivity index (χ0) is 57.1. The average Bonchev–Trinajstić information content (AvgIpc) is 3.45. The molecule has 0 fully saturated rings. The fourth-order valence-corrected chi connectivity index (χ4v) is 11.5. The van der Waals surface area contributed by atoms with E-state index in [1.807, 2.05) is 0 Å². The van der Waals surface area contributed by atoms with E-state index in [9.17, 15) is 19.8 Å². The van der Waals surface area contributed by atoms with Crippen LogP contribution in [-0.2, 0) is 14.3 Å². The largest absolute Gasteiger partial charge is 0.466 e. The van der Waals surface area contributed by atoms with Gasteiger partial charge in [0.1, 0.15) is 0 Å². The van der Waals surface area contributed by atoms with Gasteiger partial charge in [0.05, 0.1) is 25.4 Å². The summed E-state index contributed by atoms with van der Waals surface area (Å²) in [6.07, 6.45) is 86.5. The van der Waals surface area contributed by atoms with Crippen molar-refractivity contribution in [3.05, 3.63) is 24.3 Å². The average molecular weight is 1110 g/mol. The number of carbonyl (C=O) groups is 2. The maximum Gasteiger partial charge on any atom is 0.305 e. The predicted octanol–water partition coefficient (Wildman–Crippen LogP) is 23.3. The molecule has 0 radical (unpaired) electrons. The van der Waals surface area contributed by atoms with E-state index in [1.54, 1.807) is 0 Å². The number of aliphatic hydroxyl groups excluding tert-OH is 2. The SMILES string of the molecule is CCCCCCCCC/C=C\CCCCCCCC(=O)OCCCCCCCCCCCCCC/C=C\CCCCCCCCCC(=O)NC(CO)C(O)CCCCCCCCCCCCCCCCCCCCCCCCC. The lowest BCUT2D eigenvalue weighted by Crippen LogP contribution is -2.45. The van der Waals surface area contributed by atoms with E-state index in [-0.39, 0.29) is 18.5 Å². The summed E-state index contributed by atoms with van der Waals surface area (Å²) in [5.41, 5.74) is 0. The van der Waals surface area contributed by atoms with Gasteiger partial charge in [-0.1, -0.05) is 340 Å². The van der Waals surface area contributed by atoms with Crippen molar-refractivity contribution < 1.29 is 24.5 Å². The molecule has 0 aliphatic heterocycles. The van der Waals surface area contributed by atoms with Crippen LogP contribution in [0.3, 0.4) is 0 Å². The number of carbonyl (C=O) groups excluding carboxylic acids is 2. The highest BCUT2D eigenvalue weighted by Crippen LogP contribution is 2.19. The number of amides is 1. The topological polar surface area (TPSA) is 95.9 Å². The molecule has 3 N–H and O–H groups in total. The van der Waals surface area contributed by atoms with Crippen LogP contribution in [0.2, 0.25) is 0 Å². The summed E-state index contributed by atoms with van der Waals surface area (Å²) >= 11 is 0. The monoisotopic (exact) mass is 1110 g/mol. The fourth-order valence-electron chi connectivity index (χ4n) is 11.5. The number of unbranched alkanes of at least 4 members (excludes halogenated alkanes) is 53. The number of hydrogen-bond donors (Lipinski definition) is 3. The summed E-state index contributed by atoms with van der Waals surface area (Å²) in [5, 5.41) is 23.4. The van der Waals surface area contributed by atoms with E-state index in [4.69, 9.17) is 4.74 Å². The Morgan fingerprint density at radius 3 is 0.899 bits per heavy atom. The molecule has 0 aliphatic carbocycles. The molecule has 0 bridgehead atoms. The third-order valence-corrected chi connectivity index (χ3v) is 17.0. The number of esters is 1. The van der Waals surface area contributed by atoms with Crippen molar-refractivity contribution in [1.82, 2.24) is 5.32 Å². The summed E-state index contributed by atoms with van der Waals surface area (Å²) < 4.78 is 5.49. The van der Waals surface area contributed by atoms with Crippen LogP contribution in [0.1, 0.15) is 406 Å². The van der Waals surface area contributed by atoms with Gasteiger partial charge in [-0.2, -0.15) is 0 Å². The Kier molecular flexibility index (Phi) is 67.4. The summed E-state index contributed by atoms with van der Waals surface area (Å²) in [6.45, 7) is 4.98. The van der Waals surface area contributed by atoms with Gasteiger partial charge in [-0.25, -0.2) is 0 Å². The smallest absolute Gasteiger partial charge is 0.305 e. The van der Waals surface area contributed by atoms with Gasteiger partial charge in [0.2, 0.25) is 5.91 Å². The maximum atomic E-state index is 12.6. The quantitative estimate of drug-likeness (QED) is 0.0320. The van der Waals surface area contributed by atoms with Gasteiger partial charge in [-0.15, -0.1) is 0 Å². The van der Waals surface area contributed by atoms with E-state index in [2.05, 4.69) is 43.5 Å². The highest BCUT2D eigenvalue weighted by Gasteiger charge is 2.20. The van der Waals surface area contributed by atoms with Gasteiger partial charge in [0.15, 0.2) is 0 Å². The van der Waals surface area contributed by atoms with E-state index in [0.717, 1.165) is 44.9 Å². The van der Waals surface area contributed by atoms with Gasteiger partial charge >= 0.3 is 5.97 Å². The molecular formula is C73H141NO5. The first-order valence-electron chi connectivity index (χ1n) is 36.1. The Balaban J connectivity index is 3.41. The Labute approximate surface area is 494 Å². The second-order valence-electron chi connectivity index (χ2n) is 24.9. The Hall–Kier alpha value is -1.66. The molecule has 79 heavy (non-hydrogen) atoms. The first kappa shape index (κ1) is 77.3. The van der Waals surface area contributed by atoms with Gasteiger partial charge < -0.3 is 20.3 Å². The Morgan fingerprint density at radius 1 is 0.342 bits per heavy atom. The molecule has 0 spiro atoms. The van der Waals surface area contributed by atoms with E-state index >= 15 is 0 Å². The first-order chi connectivity index (χ1) is 39.0. The second kappa shape index (κ2) is 68.8. The van der Waals surface area contributed by atoms with Crippen LogP contribution in [0.25, 0.3) is 0 Å². The lowest BCUT2D eigenvalue weighted by atomic mass is 10.0. The molecule has 0 saturated carbocycles. The van der Waals surface area contributed by atoms with Crippen molar-refractivity contribution in [2.45, 2.75) is 418 Å². The van der Waals surface area contributed by atoms with Crippen LogP contribution in [0.4, 0.5) is 0 Å². The molecule has 0 aliphatic rings. The van der Waals surface area contributed by atoms with Crippen molar-refractivity contribution in [3.8, 4) is 0 Å². The third-order valence-electron chi connectivity index (χ3n) is 17.0. The molecule has 0 aromatic rings. The lowest BCUT2D eigenvalue weighted by Gasteiger charge is -2.22. The van der Waals surface area contributed by atoms with Gasteiger partial charge in [0.25, 0.3) is 0 Å². The van der Waals surface area contributed by atoms with Crippen molar-refractivity contribution in [2.75, 3.05) is 13.2 Å². The molecule has 2 atom stereocenters. The molecular weight excluding hydrogens is 971 g/mol. The Bertz CT molecular complexity index is 1230. The van der Waals surface area contributed by atoms with Gasteiger partial charge in [-0.05, 0) is 77.0 Å². The number of allylic oxidation sites excluding steroid dienone is 4. The summed E-state index contributed by atoms with van der Waals surface area (Å²) in [7, 11) is 0. The second-order valence-corrected chi connectivity index (χ2v) is 24.9. The minimum atomic E-state index is -0.670. The van der Waals surface area contributed by atoms with Crippen LogP contribution in [0.15, 0.2) is 24.3 Å². The van der Waals surface area contributed by atoms with Crippen LogP contribution in [-0.4, -0.2) is 47.4 Å². The lowest BCUT2D eigenvalue weighted by molar-refractivity contribution is -0.143. The molecule has 6 nitrogen and oxygen atoms in total. The summed E-state index contributed by atoms with van der Waals surface area (Å²) in [5.74, 6) is -0.0316. The van der Waals surface area contributed by atoms with Gasteiger partial charge in [-0.3, -0.25) is 9.59 Å². The molecule has 0 rings (SSSR count). The molecule has 468 valence electrons. The summed E-state index contributed by atoms with van der Waals surface area (Å²) in [6, 6.07) is -0.547. The molecule has 0 aromatic carbocycles. The number of nitrogens with one attached hydrogen (secondary N) is 1. The standard InChI is InChI=1S/C73H141NO5/c1-3-5-7-9-11-13-15-17-19-21-22-23-25-28-31-34-37-41-45-49-53-57-61-65-71(76)70(69-75)74-72(77)66-62-58-54-50-46-42-38-35-32-29-26-24-27-30-33-36-40-44-48-52-56-60-64-68-79-73(78)67-63-59-55-51-47-43-39-20-18-16-14-12-10-8-6-4-2/h20,29,32,39,70-71,75-76H,3-19,21-28,30-31,33-38,40-69H2,1-2H3,(H,74,77)/b32-29-,39-20-. The molecule has 6 heteroatoms. The van der Waals surface area contributed by atoms with E-state index in [0.29, 0.717) is 25.9 Å². The number of hydrogen-bond acceptors (Lipinski definition) is 5. The third kappa shape index (κ3) is 65.4. The zero-order valence-electron chi connectivity index (χ0n) is 53.6. The minimum absolute atomic E-state index is 0.00515. The van der Waals surface area contributed by atoms with Crippen molar-refractivity contribution >= 4 is 11.9 Å². The number of rotatable bonds is 68. The van der Waals surface area contributed by atoms with Crippen LogP contribution < -0.4 is 5.32 Å². The number of aliphatic hydroxyl groups is 2. The highest BCUT2D eigenvalue weighted by molar-refractivity contribution is 5.76. The zero-order valence-corrected chi connectivity index (χ0v) is 53.6. The summed E-state index contributed by atoms with van der Waals surface area (Å²) in [4.78, 5) is 24.6. The van der Waals surface area contributed by atoms with Crippen molar-refractivity contribution in [3.63, 3.8) is 0 Å². The highest BCUT2D eigenvalue weighted by atomic mass is 16.5. The van der Waals surface area contributed by atoms with E-state index in [1.165, 1.54) is 327 Å². The Morgan fingerprint density at radius 2 is 0.595 bits per heavy atom. The molecule has 0 saturated heterocycles. The molecule has 0 aromatic heterocycles. The molecule has 2 unspecified atom stereocenters. The predicted molar refractivity (Wildman–Crippen MR) is 347 cm³/mol.